The molecule has 1 saturated heterocycles. The third kappa shape index (κ3) is 5.80. The van der Waals surface area contributed by atoms with Gasteiger partial charge in [-0.05, 0) is 37.4 Å². The molecule has 0 atom stereocenters. The van der Waals surface area contributed by atoms with Crippen molar-refractivity contribution >= 4 is 23.7 Å². The van der Waals surface area contributed by atoms with E-state index in [0.717, 1.165) is 27.8 Å². The molecular weight excluding hydrogens is 520 g/mol. The molecule has 12 nitrogen and oxygen atoms in total. The number of methoxy groups -OCH3 is 1. The number of amides is 1. The van der Waals surface area contributed by atoms with Crippen LogP contribution in [-0.4, -0.2) is 91.5 Å². The number of ether oxygens (including phenoxy) is 1. The third-order valence-corrected chi connectivity index (χ3v) is 7.11. The summed E-state index contributed by atoms with van der Waals surface area (Å²) >= 11 is 0. The minimum absolute atomic E-state index is 0.0831. The summed E-state index contributed by atoms with van der Waals surface area (Å²) in [7, 11) is 3.51. The van der Waals surface area contributed by atoms with E-state index in [-0.39, 0.29) is 5.91 Å². The summed E-state index contributed by atoms with van der Waals surface area (Å²) in [4.78, 5) is 21.2. The summed E-state index contributed by atoms with van der Waals surface area (Å²) in [6, 6.07) is 6.04. The molecule has 0 saturated carbocycles. The van der Waals surface area contributed by atoms with Crippen LogP contribution >= 0.6 is 0 Å². The van der Waals surface area contributed by atoms with Gasteiger partial charge in [0.25, 0.3) is 5.91 Å². The molecule has 0 bridgehead atoms. The number of piperazine rings is 1. The Labute approximate surface area is 238 Å². The van der Waals surface area contributed by atoms with Crippen LogP contribution in [0.4, 0.5) is 0 Å². The number of hydrogen-bond donors (Lipinski definition) is 0. The van der Waals surface area contributed by atoms with Gasteiger partial charge in [0.1, 0.15) is 17.6 Å². The highest BCUT2D eigenvalue weighted by atomic mass is 16.5. The monoisotopic (exact) mass is 552 g/mol. The van der Waals surface area contributed by atoms with Gasteiger partial charge in [-0.1, -0.05) is 6.08 Å². The number of aromatic nitrogens is 6. The summed E-state index contributed by atoms with van der Waals surface area (Å²) in [5.41, 5.74) is 5.40. The van der Waals surface area contributed by atoms with E-state index < -0.39 is 0 Å². The van der Waals surface area contributed by atoms with Gasteiger partial charge in [0.05, 0.1) is 36.6 Å². The highest BCUT2D eigenvalue weighted by molar-refractivity contribution is 5.92. The van der Waals surface area contributed by atoms with Crippen molar-refractivity contribution in [3.63, 3.8) is 0 Å². The number of hydrogen-bond acceptors (Lipinski definition) is 8. The first-order valence-electron chi connectivity index (χ1n) is 13.2. The van der Waals surface area contributed by atoms with Gasteiger partial charge in [-0.25, -0.2) is 9.51 Å². The zero-order valence-corrected chi connectivity index (χ0v) is 23.4. The van der Waals surface area contributed by atoms with Crippen LogP contribution in [0.15, 0.2) is 66.1 Å². The van der Waals surface area contributed by atoms with Crippen molar-refractivity contribution in [1.82, 2.24) is 39.0 Å². The summed E-state index contributed by atoms with van der Waals surface area (Å²) in [5.74, 6) is 0.633. The van der Waals surface area contributed by atoms with Crippen LogP contribution in [0.3, 0.4) is 0 Å². The Kier molecular flexibility index (Phi) is 8.07. The van der Waals surface area contributed by atoms with Crippen LogP contribution in [0.5, 0.6) is 0 Å². The largest absolute Gasteiger partial charge is 0.383 e. The number of allylic oxidation sites excluding steroid dienone is 3. The van der Waals surface area contributed by atoms with Crippen LogP contribution in [-0.2, 0) is 18.3 Å². The Bertz CT molecular complexity index is 1670. The van der Waals surface area contributed by atoms with Gasteiger partial charge in [-0.2, -0.15) is 20.6 Å². The first-order valence-corrected chi connectivity index (χ1v) is 13.2. The van der Waals surface area contributed by atoms with E-state index in [0.29, 0.717) is 56.4 Å². The number of carbonyl (C=O) groups excluding carboxylic acids is 1. The lowest BCUT2D eigenvalue weighted by atomic mass is 10.0. The number of aliphatic imine (C=N–C) groups is 1. The molecule has 1 aliphatic rings. The van der Waals surface area contributed by atoms with Crippen molar-refractivity contribution in [1.29, 1.82) is 5.26 Å². The maximum Gasteiger partial charge on any atom is 0.274 e. The first-order chi connectivity index (χ1) is 19.9. The van der Waals surface area contributed by atoms with E-state index in [1.807, 2.05) is 43.4 Å². The molecule has 0 N–H and O–H groups in total. The minimum atomic E-state index is -0.0831. The Balaban J connectivity index is 1.34. The minimum Gasteiger partial charge on any atom is -0.383 e. The third-order valence-electron chi connectivity index (χ3n) is 7.11. The molecule has 4 aromatic heterocycles. The molecule has 1 aliphatic heterocycles. The van der Waals surface area contributed by atoms with Crippen LogP contribution < -0.4 is 0 Å². The molecule has 12 heteroatoms. The van der Waals surface area contributed by atoms with Crippen molar-refractivity contribution < 1.29 is 9.53 Å². The summed E-state index contributed by atoms with van der Waals surface area (Å²) in [5, 5.41) is 22.8. The maximum absolute atomic E-state index is 13.0. The summed E-state index contributed by atoms with van der Waals surface area (Å²) < 4.78 is 10.3. The fraction of sp³-hybridized carbons (Fsp3) is 0.310. The number of fused-ring (bicyclic) bond motifs is 1. The van der Waals surface area contributed by atoms with E-state index in [2.05, 4.69) is 44.0 Å². The van der Waals surface area contributed by atoms with E-state index in [9.17, 15) is 10.1 Å². The van der Waals surface area contributed by atoms with Gasteiger partial charge in [0, 0.05) is 75.6 Å². The lowest BCUT2D eigenvalue weighted by molar-refractivity contribution is 0.0661. The quantitative estimate of drug-likeness (QED) is 0.231. The second-order valence-corrected chi connectivity index (χ2v) is 9.78. The molecule has 210 valence electrons. The maximum atomic E-state index is 13.0. The second-order valence-electron chi connectivity index (χ2n) is 9.78. The normalized spacial score (nSPS) is 14.5. The van der Waals surface area contributed by atoms with Crippen LogP contribution in [0.2, 0.25) is 0 Å². The number of nitriles is 1. The van der Waals surface area contributed by atoms with Gasteiger partial charge in [0.2, 0.25) is 0 Å². The molecule has 5 heterocycles. The molecule has 0 spiro atoms. The van der Waals surface area contributed by atoms with Crippen molar-refractivity contribution in [2.75, 3.05) is 39.9 Å². The lowest BCUT2D eigenvalue weighted by Crippen LogP contribution is -2.48. The van der Waals surface area contributed by atoms with Crippen molar-refractivity contribution in [3.8, 4) is 17.2 Å². The molecule has 0 aromatic carbocycles. The predicted molar refractivity (Wildman–Crippen MR) is 155 cm³/mol. The standard InChI is InChI=1S/C29H32N10O2/c1-21(25-15-22(24-18-32-35(3)19-24)20-39-28(25)23(16-30)17-33-39)5-6-27(31-2)36-9-11-37(12-10-36)29(40)26-7-8-38(34-26)13-14-41-4/h5-8,15,17-20H,2,9-14H2,1,3-4H3/b21-5+,27-6+. The average molecular weight is 553 g/mol. The molecule has 0 aliphatic carbocycles. The van der Waals surface area contributed by atoms with E-state index >= 15 is 0 Å². The fourth-order valence-electron chi connectivity index (χ4n) is 4.87. The average Bonchev–Trinajstić information content (AvgIpc) is 3.75. The predicted octanol–water partition coefficient (Wildman–Crippen LogP) is 2.85. The zero-order valence-electron chi connectivity index (χ0n) is 23.4. The summed E-state index contributed by atoms with van der Waals surface area (Å²) in [6.07, 6.45) is 12.9. The van der Waals surface area contributed by atoms with Gasteiger partial charge in [-0.15, -0.1) is 0 Å². The molecular formula is C29H32N10O2. The highest BCUT2D eigenvalue weighted by Crippen LogP contribution is 2.29. The molecule has 1 amide bonds. The van der Waals surface area contributed by atoms with Crippen molar-refractivity contribution in [3.05, 3.63) is 77.9 Å². The molecule has 0 radical (unpaired) electrons. The zero-order chi connectivity index (χ0) is 28.9. The molecule has 1 fully saturated rings. The highest BCUT2D eigenvalue weighted by Gasteiger charge is 2.24. The SMILES string of the molecule is C=N/C(=C\C=C(/C)c1cc(-c2cnn(C)c2)cn2ncc(C#N)c12)N1CCN(C(=O)c2ccn(CCOC)n2)CC1. The number of pyridine rings is 1. The number of rotatable bonds is 9. The Morgan fingerprint density at radius 1 is 1.15 bits per heavy atom. The Morgan fingerprint density at radius 2 is 1.93 bits per heavy atom. The lowest BCUT2D eigenvalue weighted by Gasteiger charge is -2.35. The molecule has 0 unspecified atom stereocenters. The van der Waals surface area contributed by atoms with Crippen LogP contribution in [0.25, 0.3) is 22.2 Å². The number of carbonyl (C=O) groups is 1. The first kappa shape index (κ1) is 27.5. The summed E-state index contributed by atoms with van der Waals surface area (Å²) in [6.45, 7) is 9.25. The molecule has 4 aromatic rings. The van der Waals surface area contributed by atoms with Gasteiger partial charge >= 0.3 is 0 Å². The van der Waals surface area contributed by atoms with E-state index in [1.54, 1.807) is 45.6 Å². The van der Waals surface area contributed by atoms with Crippen LogP contribution in [0.1, 0.15) is 28.5 Å². The number of nitrogens with zero attached hydrogens (tertiary/aromatic N) is 10. The van der Waals surface area contributed by atoms with Gasteiger partial charge in [0.15, 0.2) is 0 Å². The van der Waals surface area contributed by atoms with Crippen molar-refractivity contribution in [2.24, 2.45) is 12.0 Å². The van der Waals surface area contributed by atoms with E-state index in [4.69, 9.17) is 4.74 Å². The molecule has 41 heavy (non-hydrogen) atoms. The molecule has 5 rings (SSSR count). The van der Waals surface area contributed by atoms with Gasteiger partial charge < -0.3 is 14.5 Å². The van der Waals surface area contributed by atoms with Crippen molar-refractivity contribution in [2.45, 2.75) is 13.5 Å². The smallest absolute Gasteiger partial charge is 0.274 e. The van der Waals surface area contributed by atoms with E-state index in [1.165, 1.54) is 0 Å². The second kappa shape index (κ2) is 12.0. The Morgan fingerprint density at radius 3 is 2.61 bits per heavy atom. The topological polar surface area (TPSA) is 122 Å². The Hall–Kier alpha value is -5.02. The fourth-order valence-corrected chi connectivity index (χ4v) is 4.87. The van der Waals surface area contributed by atoms with Gasteiger partial charge in [-0.3, -0.25) is 14.2 Å². The number of aryl methyl sites for hydroxylation is 1. The van der Waals surface area contributed by atoms with Crippen LogP contribution in [0, 0.1) is 11.3 Å².